The van der Waals surface area contributed by atoms with E-state index in [-0.39, 0.29) is 0 Å². The quantitative estimate of drug-likeness (QED) is 0.810. The van der Waals surface area contributed by atoms with Crippen LogP contribution in [0.1, 0.15) is 24.5 Å². The van der Waals surface area contributed by atoms with Crippen LogP contribution in [0.4, 0.5) is 0 Å². The van der Waals surface area contributed by atoms with Crippen molar-refractivity contribution < 1.29 is 14.6 Å². The Morgan fingerprint density at radius 3 is 2.63 bits per heavy atom. The highest BCUT2D eigenvalue weighted by atomic mass is 16.5. The van der Waals surface area contributed by atoms with Crippen molar-refractivity contribution in [2.45, 2.75) is 18.9 Å². The van der Waals surface area contributed by atoms with Crippen molar-refractivity contribution in [2.24, 2.45) is 0 Å². The average Bonchev–Trinajstić information content (AvgIpc) is 2.46. The van der Waals surface area contributed by atoms with Gasteiger partial charge in [0.2, 0.25) is 0 Å². The largest absolute Gasteiger partial charge is 0.496 e. The van der Waals surface area contributed by atoms with Gasteiger partial charge >= 0.3 is 0 Å². The number of fused-ring (bicyclic) bond motifs is 1. The highest BCUT2D eigenvalue weighted by Gasteiger charge is 2.16. The lowest BCUT2D eigenvalue weighted by Gasteiger charge is -2.17. The lowest BCUT2D eigenvalue weighted by Crippen LogP contribution is -2.03. The minimum atomic E-state index is -0.531. The second-order valence-electron chi connectivity index (χ2n) is 4.55. The van der Waals surface area contributed by atoms with E-state index in [0.717, 1.165) is 28.5 Å². The van der Waals surface area contributed by atoms with E-state index >= 15 is 0 Å². The number of hydrogen-bond acceptors (Lipinski definition) is 3. The van der Waals surface area contributed by atoms with Crippen LogP contribution in [0.15, 0.2) is 36.4 Å². The number of aliphatic hydroxyl groups excluding tert-OH is 1. The Labute approximate surface area is 113 Å². The Balaban J connectivity index is 2.37. The molecule has 1 unspecified atom stereocenters. The fourth-order valence-electron chi connectivity index (χ4n) is 2.36. The maximum Gasteiger partial charge on any atom is 0.125 e. The van der Waals surface area contributed by atoms with Crippen molar-refractivity contribution in [3.63, 3.8) is 0 Å². The van der Waals surface area contributed by atoms with Gasteiger partial charge in [0, 0.05) is 19.3 Å². The number of rotatable bonds is 6. The van der Waals surface area contributed by atoms with E-state index in [2.05, 4.69) is 0 Å². The van der Waals surface area contributed by atoms with Gasteiger partial charge in [-0.25, -0.2) is 0 Å². The normalized spacial score (nSPS) is 12.6. The van der Waals surface area contributed by atoms with Crippen molar-refractivity contribution in [1.82, 2.24) is 0 Å². The van der Waals surface area contributed by atoms with Crippen LogP contribution in [0, 0.1) is 0 Å². The van der Waals surface area contributed by atoms with Gasteiger partial charge in [-0.2, -0.15) is 0 Å². The highest BCUT2D eigenvalue weighted by molar-refractivity contribution is 5.88. The number of benzene rings is 2. The summed E-state index contributed by atoms with van der Waals surface area (Å²) in [5.74, 6) is 0.739. The molecule has 2 aromatic carbocycles. The third-order valence-corrected chi connectivity index (χ3v) is 3.31. The summed E-state index contributed by atoms with van der Waals surface area (Å²) in [7, 11) is 3.31. The van der Waals surface area contributed by atoms with Gasteiger partial charge in [0.05, 0.1) is 13.2 Å². The molecular weight excluding hydrogens is 240 g/mol. The molecule has 0 aliphatic heterocycles. The standard InChI is InChI=1S/C16H20O3/c1-18-11-5-8-14(17)16-13-7-4-3-6-12(13)9-10-15(16)19-2/h3-4,6-7,9-10,14,17H,5,8,11H2,1-2H3. The van der Waals surface area contributed by atoms with Crippen molar-refractivity contribution in [3.8, 4) is 5.75 Å². The second kappa shape index (κ2) is 6.55. The lowest BCUT2D eigenvalue weighted by atomic mass is 9.97. The molecule has 2 aromatic rings. The predicted octanol–water partition coefficient (Wildman–Crippen LogP) is 3.31. The summed E-state index contributed by atoms with van der Waals surface area (Å²) >= 11 is 0. The van der Waals surface area contributed by atoms with Crippen molar-refractivity contribution in [2.75, 3.05) is 20.8 Å². The van der Waals surface area contributed by atoms with Crippen LogP contribution in [0.3, 0.4) is 0 Å². The van der Waals surface area contributed by atoms with E-state index < -0.39 is 6.10 Å². The van der Waals surface area contributed by atoms with E-state index in [1.165, 1.54) is 0 Å². The van der Waals surface area contributed by atoms with E-state index in [0.29, 0.717) is 13.0 Å². The van der Waals surface area contributed by atoms with Crippen LogP contribution >= 0.6 is 0 Å². The summed E-state index contributed by atoms with van der Waals surface area (Å²) in [6, 6.07) is 12.0. The Hall–Kier alpha value is -1.58. The maximum absolute atomic E-state index is 10.4. The zero-order valence-electron chi connectivity index (χ0n) is 11.4. The Morgan fingerprint density at radius 1 is 1.11 bits per heavy atom. The lowest BCUT2D eigenvalue weighted by molar-refractivity contribution is 0.135. The van der Waals surface area contributed by atoms with Crippen molar-refractivity contribution in [3.05, 3.63) is 42.0 Å². The molecule has 0 heterocycles. The third-order valence-electron chi connectivity index (χ3n) is 3.31. The monoisotopic (exact) mass is 260 g/mol. The molecule has 1 N–H and O–H groups in total. The molecule has 0 aliphatic carbocycles. The van der Waals surface area contributed by atoms with E-state index in [1.807, 2.05) is 36.4 Å². The zero-order valence-corrected chi connectivity index (χ0v) is 11.4. The molecule has 3 nitrogen and oxygen atoms in total. The molecule has 0 aromatic heterocycles. The molecule has 0 radical (unpaired) electrons. The first-order chi connectivity index (χ1) is 9.27. The summed E-state index contributed by atoms with van der Waals surface area (Å²) in [6.07, 6.45) is 0.957. The molecule has 102 valence electrons. The molecule has 0 bridgehead atoms. The Bertz CT molecular complexity index is 537. The summed E-state index contributed by atoms with van der Waals surface area (Å²) in [6.45, 7) is 0.657. The van der Waals surface area contributed by atoms with Crippen LogP contribution in [-0.2, 0) is 4.74 Å². The van der Waals surface area contributed by atoms with Crippen molar-refractivity contribution >= 4 is 10.8 Å². The molecule has 0 spiro atoms. The fourth-order valence-corrected chi connectivity index (χ4v) is 2.36. The molecule has 0 saturated carbocycles. The van der Waals surface area contributed by atoms with Crippen LogP contribution in [0.25, 0.3) is 10.8 Å². The summed E-state index contributed by atoms with van der Waals surface area (Å²) in [4.78, 5) is 0. The van der Waals surface area contributed by atoms with E-state index in [4.69, 9.17) is 9.47 Å². The third kappa shape index (κ3) is 3.06. The molecule has 19 heavy (non-hydrogen) atoms. The highest BCUT2D eigenvalue weighted by Crippen LogP contribution is 2.34. The van der Waals surface area contributed by atoms with Gasteiger partial charge in [0.25, 0.3) is 0 Å². The number of ether oxygens (including phenoxy) is 2. The summed E-state index contributed by atoms with van der Waals surface area (Å²) in [5, 5.41) is 12.6. The summed E-state index contributed by atoms with van der Waals surface area (Å²) < 4.78 is 10.4. The number of methoxy groups -OCH3 is 2. The summed E-state index contributed by atoms with van der Waals surface area (Å²) in [5.41, 5.74) is 0.872. The number of aliphatic hydroxyl groups is 1. The van der Waals surface area contributed by atoms with Gasteiger partial charge in [0.1, 0.15) is 5.75 Å². The molecule has 2 rings (SSSR count). The maximum atomic E-state index is 10.4. The minimum absolute atomic E-state index is 0.531. The van der Waals surface area contributed by atoms with Gasteiger partial charge in [0.15, 0.2) is 0 Å². The molecule has 0 saturated heterocycles. The first-order valence-corrected chi connectivity index (χ1v) is 6.50. The van der Waals surface area contributed by atoms with Gasteiger partial charge in [-0.15, -0.1) is 0 Å². The molecule has 0 fully saturated rings. The molecular formula is C16H20O3. The first-order valence-electron chi connectivity index (χ1n) is 6.50. The van der Waals surface area contributed by atoms with Crippen LogP contribution in [-0.4, -0.2) is 25.9 Å². The fraction of sp³-hybridized carbons (Fsp3) is 0.375. The predicted molar refractivity (Wildman–Crippen MR) is 76.6 cm³/mol. The SMILES string of the molecule is COCCCC(O)c1c(OC)ccc2ccccc12. The zero-order chi connectivity index (χ0) is 13.7. The van der Waals surface area contributed by atoms with Gasteiger partial charge in [-0.3, -0.25) is 0 Å². The van der Waals surface area contributed by atoms with Gasteiger partial charge < -0.3 is 14.6 Å². The molecule has 0 aliphatic rings. The van der Waals surface area contributed by atoms with Crippen molar-refractivity contribution in [1.29, 1.82) is 0 Å². The number of hydrogen-bond donors (Lipinski definition) is 1. The molecule has 1 atom stereocenters. The van der Waals surface area contributed by atoms with Crippen LogP contribution in [0.5, 0.6) is 5.75 Å². The van der Waals surface area contributed by atoms with E-state index in [1.54, 1.807) is 14.2 Å². The van der Waals surface area contributed by atoms with E-state index in [9.17, 15) is 5.11 Å². The molecule has 0 amide bonds. The topological polar surface area (TPSA) is 38.7 Å². The smallest absolute Gasteiger partial charge is 0.125 e. The van der Waals surface area contributed by atoms with Crippen LogP contribution < -0.4 is 4.74 Å². The first kappa shape index (κ1) is 13.8. The second-order valence-corrected chi connectivity index (χ2v) is 4.55. The average molecular weight is 260 g/mol. The molecule has 3 heteroatoms. The Morgan fingerprint density at radius 2 is 1.89 bits per heavy atom. The Kier molecular flexibility index (Phi) is 4.77. The van der Waals surface area contributed by atoms with Gasteiger partial charge in [-0.05, 0) is 29.7 Å². The van der Waals surface area contributed by atoms with Crippen LogP contribution in [0.2, 0.25) is 0 Å². The minimum Gasteiger partial charge on any atom is -0.496 e. The van der Waals surface area contributed by atoms with Gasteiger partial charge in [-0.1, -0.05) is 30.3 Å².